The third-order valence-electron chi connectivity index (χ3n) is 4.08. The van der Waals surface area contributed by atoms with Gasteiger partial charge in [-0.3, -0.25) is 9.48 Å². The number of piperidine rings is 1. The van der Waals surface area contributed by atoms with Gasteiger partial charge in [0.1, 0.15) is 11.4 Å². The number of carbonyl (C=O) groups excluding carboxylic acids is 1. The van der Waals surface area contributed by atoms with Gasteiger partial charge in [0.15, 0.2) is 0 Å². The normalized spacial score (nSPS) is 20.0. The first-order valence-electron chi connectivity index (χ1n) is 7.39. The van der Waals surface area contributed by atoms with Gasteiger partial charge >= 0.3 is 0 Å². The molecule has 2 rings (SSSR count). The van der Waals surface area contributed by atoms with Crippen molar-refractivity contribution < 1.29 is 4.79 Å². The number of aromatic nitrogens is 2. The van der Waals surface area contributed by atoms with Crippen LogP contribution in [0.1, 0.15) is 43.0 Å². The fourth-order valence-electron chi connectivity index (χ4n) is 2.69. The third-order valence-corrected chi connectivity index (χ3v) is 4.08. The largest absolute Gasteiger partial charge is 0.383 e. The van der Waals surface area contributed by atoms with Crippen molar-refractivity contribution in [3.63, 3.8) is 0 Å². The molecule has 3 N–H and O–H groups in total. The highest BCUT2D eigenvalue weighted by Gasteiger charge is 2.17. The number of likely N-dealkylation sites (tertiary alicyclic amines) is 1. The number of carbonyl (C=O) groups is 1. The topological polar surface area (TPSA) is 76.2 Å². The molecule has 6 nitrogen and oxygen atoms in total. The highest BCUT2D eigenvalue weighted by Crippen LogP contribution is 2.16. The fourth-order valence-corrected chi connectivity index (χ4v) is 2.69. The van der Waals surface area contributed by atoms with E-state index in [9.17, 15) is 4.79 Å². The fraction of sp³-hybridized carbons (Fsp3) is 0.714. The van der Waals surface area contributed by atoms with Crippen LogP contribution in [0.15, 0.2) is 6.20 Å². The maximum Gasteiger partial charge on any atom is 0.256 e. The molecule has 1 aliphatic heterocycles. The van der Waals surface area contributed by atoms with Gasteiger partial charge < -0.3 is 16.0 Å². The summed E-state index contributed by atoms with van der Waals surface area (Å²) >= 11 is 0. The van der Waals surface area contributed by atoms with Crippen LogP contribution < -0.4 is 11.1 Å². The summed E-state index contributed by atoms with van der Waals surface area (Å²) in [7, 11) is 1.73. The summed E-state index contributed by atoms with van der Waals surface area (Å²) in [4.78, 5) is 14.4. The minimum Gasteiger partial charge on any atom is -0.383 e. The maximum absolute atomic E-state index is 11.9. The van der Waals surface area contributed by atoms with Gasteiger partial charge in [-0.2, -0.15) is 5.10 Å². The molecule has 1 aliphatic rings. The molecule has 0 spiro atoms. The Labute approximate surface area is 120 Å². The van der Waals surface area contributed by atoms with Crippen molar-refractivity contribution in [2.24, 2.45) is 7.05 Å². The van der Waals surface area contributed by atoms with Crippen LogP contribution in [0.5, 0.6) is 0 Å². The summed E-state index contributed by atoms with van der Waals surface area (Å²) < 4.78 is 1.50. The second-order valence-electron chi connectivity index (χ2n) is 5.56. The minimum absolute atomic E-state index is 0.137. The van der Waals surface area contributed by atoms with Crippen LogP contribution in [0.25, 0.3) is 0 Å². The number of amides is 1. The number of hydrogen-bond acceptors (Lipinski definition) is 4. The highest BCUT2D eigenvalue weighted by molar-refractivity contribution is 5.98. The van der Waals surface area contributed by atoms with Crippen LogP contribution in [0.4, 0.5) is 5.82 Å². The van der Waals surface area contributed by atoms with E-state index in [1.807, 2.05) is 0 Å². The summed E-state index contributed by atoms with van der Waals surface area (Å²) in [6, 6.07) is 0.674. The molecule has 1 aromatic heterocycles. The van der Waals surface area contributed by atoms with Gasteiger partial charge in [0.25, 0.3) is 5.91 Å². The molecule has 0 aromatic carbocycles. The van der Waals surface area contributed by atoms with E-state index < -0.39 is 0 Å². The van der Waals surface area contributed by atoms with E-state index in [2.05, 4.69) is 22.2 Å². The van der Waals surface area contributed by atoms with E-state index in [1.54, 1.807) is 7.05 Å². The second kappa shape index (κ2) is 6.74. The first kappa shape index (κ1) is 14.8. The molecule has 6 heteroatoms. The number of nitrogens with two attached hydrogens (primary N) is 1. The van der Waals surface area contributed by atoms with Crippen molar-refractivity contribution in [1.82, 2.24) is 20.0 Å². The van der Waals surface area contributed by atoms with Crippen LogP contribution in [0.3, 0.4) is 0 Å². The van der Waals surface area contributed by atoms with Gasteiger partial charge in [0, 0.05) is 26.2 Å². The van der Waals surface area contributed by atoms with Gasteiger partial charge in [0.05, 0.1) is 6.20 Å². The zero-order valence-corrected chi connectivity index (χ0v) is 12.4. The summed E-state index contributed by atoms with van der Waals surface area (Å²) in [5.74, 6) is 0.273. The molecule has 0 aliphatic carbocycles. The Bertz CT molecular complexity index is 456. The molecule has 1 fully saturated rings. The zero-order chi connectivity index (χ0) is 14.5. The lowest BCUT2D eigenvalue weighted by atomic mass is 10.0. The van der Waals surface area contributed by atoms with Crippen LogP contribution in [-0.4, -0.2) is 46.3 Å². The van der Waals surface area contributed by atoms with Crippen molar-refractivity contribution in [3.8, 4) is 0 Å². The van der Waals surface area contributed by atoms with Crippen molar-refractivity contribution in [3.05, 3.63) is 11.8 Å². The molecule has 112 valence electrons. The van der Waals surface area contributed by atoms with Gasteiger partial charge in [0.2, 0.25) is 0 Å². The van der Waals surface area contributed by atoms with E-state index in [4.69, 9.17) is 5.73 Å². The molecule has 1 atom stereocenters. The van der Waals surface area contributed by atoms with Crippen LogP contribution in [0, 0.1) is 0 Å². The van der Waals surface area contributed by atoms with Crippen LogP contribution >= 0.6 is 0 Å². The van der Waals surface area contributed by atoms with E-state index >= 15 is 0 Å². The van der Waals surface area contributed by atoms with Crippen molar-refractivity contribution in [2.75, 3.05) is 25.4 Å². The number of anilines is 1. The molecule has 1 saturated heterocycles. The lowest BCUT2D eigenvalue weighted by Gasteiger charge is -2.33. The summed E-state index contributed by atoms with van der Waals surface area (Å²) in [5, 5.41) is 6.88. The first-order valence-corrected chi connectivity index (χ1v) is 7.39. The predicted octanol–water partition coefficient (Wildman–Crippen LogP) is 0.997. The predicted molar refractivity (Wildman–Crippen MR) is 79.5 cm³/mol. The Morgan fingerprint density at radius 2 is 2.35 bits per heavy atom. The molecule has 1 unspecified atom stereocenters. The molecule has 2 heterocycles. The molecule has 0 saturated carbocycles. The number of hydrogen-bond donors (Lipinski definition) is 2. The lowest BCUT2D eigenvalue weighted by molar-refractivity contribution is 0.0949. The highest BCUT2D eigenvalue weighted by atomic mass is 16.1. The molecule has 1 amide bonds. The molecule has 0 radical (unpaired) electrons. The number of nitrogen functional groups attached to an aromatic ring is 1. The molecular formula is C14H25N5O. The van der Waals surface area contributed by atoms with Gasteiger partial charge in [-0.15, -0.1) is 0 Å². The zero-order valence-electron chi connectivity index (χ0n) is 12.4. The summed E-state index contributed by atoms with van der Waals surface area (Å²) in [5.41, 5.74) is 6.23. The average molecular weight is 279 g/mol. The SMILES string of the molecule is CC1CCCCN1CCCNC(=O)c1cnn(C)c1N. The number of nitrogens with zero attached hydrogens (tertiary/aromatic N) is 3. The molecule has 1 aromatic rings. The molecule has 20 heavy (non-hydrogen) atoms. The van der Waals surface area contributed by atoms with Gasteiger partial charge in [-0.05, 0) is 32.7 Å². The summed E-state index contributed by atoms with van der Waals surface area (Å²) in [6.07, 6.45) is 6.41. The van der Waals surface area contributed by atoms with E-state index in [-0.39, 0.29) is 5.91 Å². The monoisotopic (exact) mass is 279 g/mol. The van der Waals surface area contributed by atoms with E-state index in [0.717, 1.165) is 13.0 Å². The van der Waals surface area contributed by atoms with E-state index in [1.165, 1.54) is 36.7 Å². The summed E-state index contributed by atoms with van der Waals surface area (Å²) in [6.45, 7) is 5.19. The van der Waals surface area contributed by atoms with Crippen molar-refractivity contribution >= 4 is 11.7 Å². The van der Waals surface area contributed by atoms with Crippen LogP contribution in [0.2, 0.25) is 0 Å². The quantitative estimate of drug-likeness (QED) is 0.788. The number of aryl methyl sites for hydroxylation is 1. The lowest BCUT2D eigenvalue weighted by Crippen LogP contribution is -2.39. The minimum atomic E-state index is -0.137. The van der Waals surface area contributed by atoms with E-state index in [0.29, 0.717) is 24.0 Å². The Kier molecular flexibility index (Phi) is 5.00. The second-order valence-corrected chi connectivity index (χ2v) is 5.56. The number of rotatable bonds is 5. The van der Waals surface area contributed by atoms with Gasteiger partial charge in [-0.25, -0.2) is 0 Å². The van der Waals surface area contributed by atoms with Crippen molar-refractivity contribution in [1.29, 1.82) is 0 Å². The Morgan fingerprint density at radius 3 is 3.00 bits per heavy atom. The molecule has 0 bridgehead atoms. The Balaban J connectivity index is 1.70. The standard InChI is InChI=1S/C14H25N5O/c1-11-6-3-4-8-19(11)9-5-7-16-14(20)12-10-17-18(2)13(12)15/h10-11H,3-9,15H2,1-2H3,(H,16,20). The Hall–Kier alpha value is -1.56. The van der Waals surface area contributed by atoms with Gasteiger partial charge in [-0.1, -0.05) is 6.42 Å². The molecular weight excluding hydrogens is 254 g/mol. The van der Waals surface area contributed by atoms with Crippen molar-refractivity contribution in [2.45, 2.75) is 38.6 Å². The Morgan fingerprint density at radius 1 is 1.55 bits per heavy atom. The number of nitrogens with one attached hydrogen (secondary N) is 1. The first-order chi connectivity index (χ1) is 9.59. The smallest absolute Gasteiger partial charge is 0.256 e. The third kappa shape index (κ3) is 3.50. The maximum atomic E-state index is 11.9. The average Bonchev–Trinajstić information content (AvgIpc) is 2.77. The van der Waals surface area contributed by atoms with Crippen LogP contribution in [-0.2, 0) is 7.05 Å².